The van der Waals surface area contributed by atoms with Crippen LogP contribution in [0.3, 0.4) is 0 Å². The summed E-state index contributed by atoms with van der Waals surface area (Å²) in [5.41, 5.74) is 5.82. The van der Waals surface area contributed by atoms with Crippen molar-refractivity contribution < 1.29 is 0 Å². The Hall–Kier alpha value is -2.08. The average molecular weight is 220 g/mol. The van der Waals surface area contributed by atoms with Gasteiger partial charge in [0.25, 0.3) is 0 Å². The lowest BCUT2D eigenvalue weighted by atomic mass is 9.93. The smallest absolute Gasteiger partial charge is 0.0106 e. The van der Waals surface area contributed by atoms with E-state index in [2.05, 4.69) is 55.6 Å². The van der Waals surface area contributed by atoms with Gasteiger partial charge >= 0.3 is 0 Å². The van der Waals surface area contributed by atoms with E-state index in [9.17, 15) is 0 Å². The SMILES string of the molecule is C=Cc1c(C(=C)C)cccc1-c1ccccc1. The highest BCUT2D eigenvalue weighted by atomic mass is 14.1. The molecule has 2 aromatic carbocycles. The van der Waals surface area contributed by atoms with E-state index in [1.165, 1.54) is 16.7 Å². The van der Waals surface area contributed by atoms with Gasteiger partial charge in [-0.1, -0.05) is 73.3 Å². The van der Waals surface area contributed by atoms with E-state index in [0.29, 0.717) is 0 Å². The number of benzene rings is 2. The van der Waals surface area contributed by atoms with Gasteiger partial charge in [-0.3, -0.25) is 0 Å². The van der Waals surface area contributed by atoms with Crippen LogP contribution in [0.15, 0.2) is 61.7 Å². The maximum atomic E-state index is 4.02. The molecule has 0 saturated carbocycles. The van der Waals surface area contributed by atoms with Crippen LogP contribution in [0.2, 0.25) is 0 Å². The van der Waals surface area contributed by atoms with E-state index in [1.807, 2.05) is 19.1 Å². The van der Waals surface area contributed by atoms with Crippen molar-refractivity contribution in [2.75, 3.05) is 0 Å². The number of hydrogen-bond donors (Lipinski definition) is 0. The van der Waals surface area contributed by atoms with Gasteiger partial charge in [0.2, 0.25) is 0 Å². The van der Waals surface area contributed by atoms with E-state index in [1.54, 1.807) is 0 Å². The van der Waals surface area contributed by atoms with Gasteiger partial charge in [-0.2, -0.15) is 0 Å². The zero-order valence-electron chi connectivity index (χ0n) is 10.1. The van der Waals surface area contributed by atoms with Gasteiger partial charge in [0.15, 0.2) is 0 Å². The summed E-state index contributed by atoms with van der Waals surface area (Å²) in [4.78, 5) is 0. The first-order valence-corrected chi connectivity index (χ1v) is 5.71. The molecule has 0 radical (unpaired) electrons. The van der Waals surface area contributed by atoms with Crippen LogP contribution >= 0.6 is 0 Å². The fraction of sp³-hybridized carbons (Fsp3) is 0.0588. The Labute approximate surface area is 103 Å². The van der Waals surface area contributed by atoms with E-state index < -0.39 is 0 Å². The Balaban J connectivity index is 2.67. The fourth-order valence-electron chi connectivity index (χ4n) is 2.03. The van der Waals surface area contributed by atoms with Gasteiger partial charge in [-0.25, -0.2) is 0 Å². The topological polar surface area (TPSA) is 0 Å². The molecule has 0 unspecified atom stereocenters. The molecule has 0 nitrogen and oxygen atoms in total. The minimum absolute atomic E-state index is 1.07. The lowest BCUT2D eigenvalue weighted by Gasteiger charge is -2.11. The third-order valence-electron chi connectivity index (χ3n) is 2.85. The van der Waals surface area contributed by atoms with Crippen molar-refractivity contribution >= 4 is 11.6 Å². The predicted octanol–water partition coefficient (Wildman–Crippen LogP) is 5.03. The van der Waals surface area contributed by atoms with Crippen LogP contribution in [0.25, 0.3) is 22.8 Å². The summed E-state index contributed by atoms with van der Waals surface area (Å²) < 4.78 is 0. The molecule has 0 fully saturated rings. The second kappa shape index (κ2) is 4.84. The second-order valence-corrected chi connectivity index (χ2v) is 4.12. The normalized spacial score (nSPS) is 9.94. The summed E-state index contributed by atoms with van der Waals surface area (Å²) in [7, 11) is 0. The minimum atomic E-state index is 1.07. The Morgan fingerprint density at radius 1 is 1.00 bits per heavy atom. The van der Waals surface area contributed by atoms with Crippen molar-refractivity contribution in [2.24, 2.45) is 0 Å². The molecule has 0 aliphatic carbocycles. The third-order valence-corrected chi connectivity index (χ3v) is 2.85. The molecule has 0 aromatic heterocycles. The van der Waals surface area contributed by atoms with Crippen molar-refractivity contribution in [2.45, 2.75) is 6.92 Å². The zero-order chi connectivity index (χ0) is 12.3. The highest BCUT2D eigenvalue weighted by Gasteiger charge is 2.07. The van der Waals surface area contributed by atoms with Crippen molar-refractivity contribution in [3.63, 3.8) is 0 Å². The number of hydrogen-bond acceptors (Lipinski definition) is 0. The van der Waals surface area contributed by atoms with Crippen LogP contribution in [0.5, 0.6) is 0 Å². The molecule has 2 aromatic rings. The van der Waals surface area contributed by atoms with Crippen molar-refractivity contribution in [3.05, 3.63) is 72.8 Å². The van der Waals surface area contributed by atoms with E-state index in [-0.39, 0.29) is 0 Å². The first-order chi connectivity index (χ1) is 8.24. The van der Waals surface area contributed by atoms with Crippen LogP contribution in [0.4, 0.5) is 0 Å². The molecule has 0 aliphatic heterocycles. The molecule has 84 valence electrons. The molecule has 0 bridgehead atoms. The van der Waals surface area contributed by atoms with E-state index in [0.717, 1.165) is 11.1 Å². The lowest BCUT2D eigenvalue weighted by molar-refractivity contribution is 1.52. The molecule has 0 heteroatoms. The number of rotatable bonds is 3. The maximum absolute atomic E-state index is 4.02. The van der Waals surface area contributed by atoms with Gasteiger partial charge in [-0.15, -0.1) is 0 Å². The third kappa shape index (κ3) is 2.21. The summed E-state index contributed by atoms with van der Waals surface area (Å²) in [6, 6.07) is 16.6. The van der Waals surface area contributed by atoms with Crippen LogP contribution in [0.1, 0.15) is 18.1 Å². The minimum Gasteiger partial charge on any atom is -0.0984 e. The van der Waals surface area contributed by atoms with Crippen LogP contribution in [0, 0.1) is 0 Å². The molecule has 2 rings (SSSR count). The monoisotopic (exact) mass is 220 g/mol. The molecule has 0 amide bonds. The Kier molecular flexibility index (Phi) is 3.24. The molecule has 17 heavy (non-hydrogen) atoms. The van der Waals surface area contributed by atoms with Crippen molar-refractivity contribution in [1.29, 1.82) is 0 Å². The average Bonchev–Trinajstić information content (AvgIpc) is 2.38. The Morgan fingerprint density at radius 3 is 2.29 bits per heavy atom. The van der Waals surface area contributed by atoms with Crippen molar-refractivity contribution in [3.8, 4) is 11.1 Å². The van der Waals surface area contributed by atoms with Gasteiger partial charge in [0.1, 0.15) is 0 Å². The van der Waals surface area contributed by atoms with E-state index >= 15 is 0 Å². The highest BCUT2D eigenvalue weighted by Crippen LogP contribution is 2.29. The quantitative estimate of drug-likeness (QED) is 0.680. The predicted molar refractivity (Wildman–Crippen MR) is 76.7 cm³/mol. The molecule has 0 spiro atoms. The summed E-state index contributed by atoms with van der Waals surface area (Å²) in [6.07, 6.45) is 1.91. The van der Waals surface area contributed by atoms with Gasteiger partial charge in [0, 0.05) is 0 Å². The van der Waals surface area contributed by atoms with Gasteiger partial charge < -0.3 is 0 Å². The lowest BCUT2D eigenvalue weighted by Crippen LogP contribution is -1.89. The zero-order valence-corrected chi connectivity index (χ0v) is 10.1. The van der Waals surface area contributed by atoms with Crippen LogP contribution < -0.4 is 0 Å². The van der Waals surface area contributed by atoms with Gasteiger partial charge in [0.05, 0.1) is 0 Å². The summed E-state index contributed by atoms with van der Waals surface area (Å²) in [5, 5.41) is 0. The molecule has 0 heterocycles. The fourth-order valence-corrected chi connectivity index (χ4v) is 2.03. The van der Waals surface area contributed by atoms with Gasteiger partial charge in [-0.05, 0) is 29.2 Å². The maximum Gasteiger partial charge on any atom is -0.0106 e. The Bertz CT molecular complexity index is 548. The summed E-state index contributed by atoms with van der Waals surface area (Å²) >= 11 is 0. The molecular formula is C17H16. The molecular weight excluding hydrogens is 204 g/mol. The Morgan fingerprint density at radius 2 is 1.71 bits per heavy atom. The second-order valence-electron chi connectivity index (χ2n) is 4.12. The largest absolute Gasteiger partial charge is 0.0984 e. The molecule has 0 atom stereocenters. The highest BCUT2D eigenvalue weighted by molar-refractivity contribution is 5.83. The van der Waals surface area contributed by atoms with Crippen LogP contribution in [-0.4, -0.2) is 0 Å². The standard InChI is InChI=1S/C17H16/c1-4-15-16(13(2)3)11-8-12-17(15)14-9-6-5-7-10-14/h4-12H,1-2H2,3H3. The van der Waals surface area contributed by atoms with Crippen LogP contribution in [-0.2, 0) is 0 Å². The van der Waals surface area contributed by atoms with E-state index in [4.69, 9.17) is 0 Å². The first-order valence-electron chi connectivity index (χ1n) is 5.71. The molecule has 0 saturated heterocycles. The number of allylic oxidation sites excluding steroid dienone is 1. The molecule has 0 N–H and O–H groups in total. The summed E-state index contributed by atoms with van der Waals surface area (Å²) in [5.74, 6) is 0. The summed E-state index contributed by atoms with van der Waals surface area (Å²) in [6.45, 7) is 9.96. The van der Waals surface area contributed by atoms with Crippen molar-refractivity contribution in [1.82, 2.24) is 0 Å². The molecule has 0 aliphatic rings. The first kappa shape index (κ1) is 11.4.